The standard InChI is InChI=1S/C2H7OPS2/c1-3-4(2,5)6/h1-2H3,(H,5,6). The fraction of sp³-hybridized carbons (Fsp3) is 1.00. The van der Waals surface area contributed by atoms with E-state index in [0.717, 1.165) is 0 Å². The highest BCUT2D eigenvalue weighted by Gasteiger charge is 1.94. The van der Waals surface area contributed by atoms with Crippen molar-refractivity contribution in [2.45, 2.75) is 0 Å². The zero-order valence-electron chi connectivity index (χ0n) is 3.71. The summed E-state index contributed by atoms with van der Waals surface area (Å²) in [5, 5.41) is 0. The molecule has 0 amide bonds. The first-order valence-corrected chi connectivity index (χ1v) is 5.74. The minimum absolute atomic E-state index is 1.58. The molecule has 0 radical (unpaired) electrons. The van der Waals surface area contributed by atoms with E-state index >= 15 is 0 Å². The summed E-state index contributed by atoms with van der Waals surface area (Å²) in [5.41, 5.74) is -1.62. The maximum absolute atomic E-state index is 4.74. The minimum Gasteiger partial charge on any atom is -0.345 e. The second kappa shape index (κ2) is 2.31. The lowest BCUT2D eigenvalue weighted by molar-refractivity contribution is 0.474. The summed E-state index contributed by atoms with van der Waals surface area (Å²) in [4.78, 5) is 0. The van der Waals surface area contributed by atoms with Gasteiger partial charge < -0.3 is 4.52 Å². The Balaban J connectivity index is 3.48. The van der Waals surface area contributed by atoms with Crippen LogP contribution in [0.1, 0.15) is 0 Å². The van der Waals surface area contributed by atoms with E-state index in [0.29, 0.717) is 0 Å². The largest absolute Gasteiger partial charge is 0.345 e. The second-order valence-corrected chi connectivity index (χ2v) is 8.15. The second-order valence-electron chi connectivity index (χ2n) is 0.986. The summed E-state index contributed by atoms with van der Waals surface area (Å²) in [5.74, 6) is 0. The smallest absolute Gasteiger partial charge is 0.113 e. The van der Waals surface area contributed by atoms with Gasteiger partial charge in [0.05, 0.1) is 0 Å². The lowest BCUT2D eigenvalue weighted by atomic mass is 11.8. The molecule has 1 nitrogen and oxygen atoms in total. The van der Waals surface area contributed by atoms with Crippen LogP contribution in [-0.2, 0) is 16.3 Å². The third kappa shape index (κ3) is 4.96. The van der Waals surface area contributed by atoms with Crippen LogP contribution in [0.3, 0.4) is 0 Å². The maximum atomic E-state index is 4.74. The zero-order valence-corrected chi connectivity index (χ0v) is 6.32. The molecule has 0 spiro atoms. The molecule has 0 aromatic carbocycles. The van der Waals surface area contributed by atoms with Crippen molar-refractivity contribution in [3.8, 4) is 0 Å². The van der Waals surface area contributed by atoms with Crippen molar-refractivity contribution in [1.29, 1.82) is 0 Å². The van der Waals surface area contributed by atoms with Crippen molar-refractivity contribution in [3.05, 3.63) is 0 Å². The Morgan fingerprint density at radius 3 is 2.00 bits per heavy atom. The summed E-state index contributed by atoms with van der Waals surface area (Å²) in [7, 11) is 1.58. The molecule has 4 heteroatoms. The predicted octanol–water partition coefficient (Wildman–Crippen LogP) is 1.50. The van der Waals surface area contributed by atoms with E-state index in [2.05, 4.69) is 12.2 Å². The predicted molar refractivity (Wildman–Crippen MR) is 36.2 cm³/mol. The molecule has 1 unspecified atom stereocenters. The number of thiol groups is 1. The fourth-order valence-corrected chi connectivity index (χ4v) is 0. The summed E-state index contributed by atoms with van der Waals surface area (Å²) >= 11 is 8.70. The highest BCUT2D eigenvalue weighted by atomic mass is 32.9. The third-order valence-electron chi connectivity index (χ3n) is 0.339. The first-order valence-electron chi connectivity index (χ1n) is 1.42. The van der Waals surface area contributed by atoms with Crippen LogP contribution >= 0.6 is 17.7 Å². The molecule has 38 valence electrons. The highest BCUT2D eigenvalue weighted by Crippen LogP contribution is 2.46. The van der Waals surface area contributed by atoms with E-state index < -0.39 is 5.47 Å². The molecule has 0 aliphatic rings. The van der Waals surface area contributed by atoms with Crippen molar-refractivity contribution < 1.29 is 4.52 Å². The summed E-state index contributed by atoms with van der Waals surface area (Å²) < 4.78 is 4.73. The molecule has 1 atom stereocenters. The van der Waals surface area contributed by atoms with Crippen molar-refractivity contribution in [2.24, 2.45) is 0 Å². The van der Waals surface area contributed by atoms with Crippen LogP contribution in [0, 0.1) is 0 Å². The molecule has 6 heavy (non-hydrogen) atoms. The zero-order chi connectivity index (χ0) is 5.21. The molecule has 0 aromatic heterocycles. The Morgan fingerprint density at radius 2 is 2.00 bits per heavy atom. The van der Waals surface area contributed by atoms with Crippen LogP contribution in [0.25, 0.3) is 0 Å². The maximum Gasteiger partial charge on any atom is 0.113 e. The van der Waals surface area contributed by atoms with Gasteiger partial charge >= 0.3 is 0 Å². The first kappa shape index (κ1) is 6.96. The van der Waals surface area contributed by atoms with Crippen molar-refractivity contribution in [2.75, 3.05) is 13.8 Å². The van der Waals surface area contributed by atoms with Gasteiger partial charge in [-0.3, -0.25) is 0 Å². The van der Waals surface area contributed by atoms with Gasteiger partial charge in [0.25, 0.3) is 0 Å². The SMILES string of the molecule is COP(C)(=S)S. The van der Waals surface area contributed by atoms with Gasteiger partial charge in [0.15, 0.2) is 0 Å². The Labute approximate surface area is 48.3 Å². The Kier molecular flexibility index (Phi) is 2.68. The first-order chi connectivity index (χ1) is 2.56. The monoisotopic (exact) mass is 142 g/mol. The minimum atomic E-state index is -1.62. The van der Waals surface area contributed by atoms with Crippen LogP contribution in [-0.4, -0.2) is 13.8 Å². The van der Waals surface area contributed by atoms with Crippen LogP contribution in [0.15, 0.2) is 0 Å². The molecule has 0 aromatic rings. The van der Waals surface area contributed by atoms with Gasteiger partial charge in [-0.2, -0.15) is 0 Å². The molecule has 0 aliphatic heterocycles. The number of rotatable bonds is 1. The average molecular weight is 142 g/mol. The van der Waals surface area contributed by atoms with Gasteiger partial charge in [-0.05, 0) is 6.66 Å². The molecule has 0 saturated carbocycles. The molecule has 0 saturated heterocycles. The van der Waals surface area contributed by atoms with Gasteiger partial charge in [-0.15, -0.1) is 12.2 Å². The van der Waals surface area contributed by atoms with E-state index in [1.165, 1.54) is 0 Å². The summed E-state index contributed by atoms with van der Waals surface area (Å²) in [6, 6.07) is 0. The Bertz CT molecular complexity index is 75.6. The van der Waals surface area contributed by atoms with E-state index in [1.54, 1.807) is 7.11 Å². The molecule has 0 aliphatic carbocycles. The highest BCUT2D eigenvalue weighted by molar-refractivity contribution is 8.61. The summed E-state index contributed by atoms with van der Waals surface area (Å²) in [6.07, 6.45) is 0. The molecule has 0 bridgehead atoms. The lowest BCUT2D eigenvalue weighted by Crippen LogP contribution is -1.66. The van der Waals surface area contributed by atoms with Gasteiger partial charge in [-0.25, -0.2) is 0 Å². The van der Waals surface area contributed by atoms with E-state index in [9.17, 15) is 0 Å². The van der Waals surface area contributed by atoms with Crippen LogP contribution in [0.4, 0.5) is 0 Å². The number of hydrogen-bond donors (Lipinski definition) is 1. The summed E-state index contributed by atoms with van der Waals surface area (Å²) in [6.45, 7) is 1.81. The Hall–Kier alpha value is 0.960. The van der Waals surface area contributed by atoms with Crippen LogP contribution < -0.4 is 0 Å². The molecular weight excluding hydrogens is 135 g/mol. The van der Waals surface area contributed by atoms with Crippen LogP contribution in [0.2, 0.25) is 0 Å². The Morgan fingerprint density at radius 1 is 1.83 bits per heavy atom. The van der Waals surface area contributed by atoms with Crippen LogP contribution in [0.5, 0.6) is 0 Å². The van der Waals surface area contributed by atoms with Gasteiger partial charge in [0, 0.05) is 7.11 Å². The molecule has 0 rings (SSSR count). The van der Waals surface area contributed by atoms with E-state index in [-0.39, 0.29) is 0 Å². The molecule has 0 N–H and O–H groups in total. The van der Waals surface area contributed by atoms with Gasteiger partial charge in [-0.1, -0.05) is 11.8 Å². The van der Waals surface area contributed by atoms with E-state index in [4.69, 9.17) is 16.3 Å². The molecule has 0 heterocycles. The van der Waals surface area contributed by atoms with Gasteiger partial charge in [0.1, 0.15) is 5.47 Å². The van der Waals surface area contributed by atoms with Gasteiger partial charge in [0.2, 0.25) is 0 Å². The quantitative estimate of drug-likeness (QED) is 0.439. The normalized spacial score (nSPS) is 19.8. The third-order valence-corrected chi connectivity index (χ3v) is 1.95. The molecule has 0 fully saturated rings. The molecular formula is C2H7OPS2. The average Bonchev–Trinajstić information content (AvgIpc) is 1.35. The lowest BCUT2D eigenvalue weighted by Gasteiger charge is -2.01. The van der Waals surface area contributed by atoms with Crippen molar-refractivity contribution in [3.63, 3.8) is 0 Å². The van der Waals surface area contributed by atoms with Crippen molar-refractivity contribution in [1.82, 2.24) is 0 Å². The van der Waals surface area contributed by atoms with E-state index in [1.807, 2.05) is 6.66 Å². The van der Waals surface area contributed by atoms with Crippen molar-refractivity contribution >= 4 is 29.5 Å². The fourth-order valence-electron chi connectivity index (χ4n) is 0. The number of hydrogen-bond acceptors (Lipinski definition) is 2. The topological polar surface area (TPSA) is 9.23 Å².